The monoisotopic (exact) mass is 296 g/mol. The van der Waals surface area contributed by atoms with E-state index in [0.717, 1.165) is 5.56 Å². The van der Waals surface area contributed by atoms with Crippen LogP contribution >= 0.6 is 0 Å². The summed E-state index contributed by atoms with van der Waals surface area (Å²) >= 11 is 0. The van der Waals surface area contributed by atoms with Gasteiger partial charge in [-0.3, -0.25) is 0 Å². The smallest absolute Gasteiger partial charge is 0.405 e. The zero-order valence-corrected chi connectivity index (χ0v) is 11.2. The highest BCUT2D eigenvalue weighted by atomic mass is 19.4. The molecule has 2 aromatic carbocycles. The number of rotatable bonds is 5. The summed E-state index contributed by atoms with van der Waals surface area (Å²) in [4.78, 5) is 0. The standard InChI is InChI=1S/C16H15F3O2/c17-16(18,19)21-15-9-5-4-8-13(15)14(20)11-10-12-6-2-1-3-7-12/h1-9,14,20H,10-11H2. The van der Waals surface area contributed by atoms with Gasteiger partial charge in [-0.2, -0.15) is 0 Å². The number of benzene rings is 2. The van der Waals surface area contributed by atoms with Crippen molar-refractivity contribution in [1.29, 1.82) is 0 Å². The summed E-state index contributed by atoms with van der Waals surface area (Å²) in [5, 5.41) is 10.1. The molecule has 0 amide bonds. The highest BCUT2D eigenvalue weighted by Gasteiger charge is 2.32. The van der Waals surface area contributed by atoms with Crippen molar-refractivity contribution in [2.75, 3.05) is 0 Å². The predicted molar refractivity (Wildman–Crippen MR) is 72.8 cm³/mol. The summed E-state index contributed by atoms with van der Waals surface area (Å²) in [5.41, 5.74) is 1.16. The maximum absolute atomic E-state index is 12.3. The topological polar surface area (TPSA) is 29.5 Å². The molecule has 1 N–H and O–H groups in total. The predicted octanol–water partition coefficient (Wildman–Crippen LogP) is 4.25. The fraction of sp³-hybridized carbons (Fsp3) is 0.250. The number of halogens is 3. The van der Waals surface area contributed by atoms with E-state index in [1.54, 1.807) is 6.07 Å². The quantitative estimate of drug-likeness (QED) is 0.893. The van der Waals surface area contributed by atoms with Crippen molar-refractivity contribution in [3.63, 3.8) is 0 Å². The van der Waals surface area contributed by atoms with Crippen LogP contribution in [0.3, 0.4) is 0 Å². The lowest BCUT2D eigenvalue weighted by molar-refractivity contribution is -0.275. The van der Waals surface area contributed by atoms with Gasteiger partial charge in [-0.15, -0.1) is 13.2 Å². The van der Waals surface area contributed by atoms with E-state index in [0.29, 0.717) is 12.8 Å². The molecule has 0 fully saturated rings. The van der Waals surface area contributed by atoms with E-state index in [1.165, 1.54) is 18.2 Å². The normalized spacial score (nSPS) is 13.0. The maximum atomic E-state index is 12.3. The number of ether oxygens (including phenoxy) is 1. The third kappa shape index (κ3) is 4.79. The summed E-state index contributed by atoms with van der Waals surface area (Å²) < 4.78 is 40.9. The minimum atomic E-state index is -4.77. The van der Waals surface area contributed by atoms with Crippen LogP contribution in [0, 0.1) is 0 Å². The van der Waals surface area contributed by atoms with Gasteiger partial charge in [0.15, 0.2) is 0 Å². The van der Waals surface area contributed by atoms with Gasteiger partial charge in [0.1, 0.15) is 5.75 Å². The Kier molecular flexibility index (Phi) is 4.85. The molecule has 0 aromatic heterocycles. The molecule has 2 nitrogen and oxygen atoms in total. The Hall–Kier alpha value is -2.01. The van der Waals surface area contributed by atoms with Crippen molar-refractivity contribution in [2.45, 2.75) is 25.3 Å². The zero-order valence-electron chi connectivity index (χ0n) is 11.2. The Labute approximate surface area is 120 Å². The minimum Gasteiger partial charge on any atom is -0.405 e. The molecule has 0 bridgehead atoms. The van der Waals surface area contributed by atoms with Crippen LogP contribution in [0.2, 0.25) is 0 Å². The molecule has 2 aromatic rings. The number of hydrogen-bond acceptors (Lipinski definition) is 2. The van der Waals surface area contributed by atoms with Crippen LogP contribution in [-0.4, -0.2) is 11.5 Å². The van der Waals surface area contributed by atoms with Crippen LogP contribution in [0.4, 0.5) is 13.2 Å². The molecule has 21 heavy (non-hydrogen) atoms. The lowest BCUT2D eigenvalue weighted by Crippen LogP contribution is -2.18. The SMILES string of the molecule is OC(CCc1ccccc1)c1ccccc1OC(F)(F)F. The van der Waals surface area contributed by atoms with Gasteiger partial charge in [0.25, 0.3) is 0 Å². The van der Waals surface area contributed by atoms with E-state index >= 15 is 0 Å². The average molecular weight is 296 g/mol. The highest BCUT2D eigenvalue weighted by molar-refractivity contribution is 5.35. The van der Waals surface area contributed by atoms with E-state index in [4.69, 9.17) is 0 Å². The Morgan fingerprint density at radius 1 is 0.952 bits per heavy atom. The van der Waals surface area contributed by atoms with Crippen LogP contribution in [0.15, 0.2) is 54.6 Å². The van der Waals surface area contributed by atoms with Gasteiger partial charge < -0.3 is 9.84 Å². The van der Waals surface area contributed by atoms with Crippen molar-refractivity contribution in [1.82, 2.24) is 0 Å². The molecular weight excluding hydrogens is 281 g/mol. The Morgan fingerprint density at radius 2 is 1.57 bits per heavy atom. The zero-order chi connectivity index (χ0) is 15.3. The van der Waals surface area contributed by atoms with Gasteiger partial charge in [0.05, 0.1) is 6.10 Å². The van der Waals surface area contributed by atoms with E-state index in [1.807, 2.05) is 30.3 Å². The molecule has 0 radical (unpaired) electrons. The van der Waals surface area contributed by atoms with Crippen LogP contribution < -0.4 is 4.74 Å². The summed E-state index contributed by atoms with van der Waals surface area (Å²) in [6.45, 7) is 0. The fourth-order valence-corrected chi connectivity index (χ4v) is 2.08. The molecular formula is C16H15F3O2. The van der Waals surface area contributed by atoms with Crippen LogP contribution in [-0.2, 0) is 6.42 Å². The summed E-state index contributed by atoms with van der Waals surface area (Å²) in [6.07, 6.45) is -4.89. The van der Waals surface area contributed by atoms with Crippen LogP contribution in [0.25, 0.3) is 0 Å². The van der Waals surface area contributed by atoms with Gasteiger partial charge in [0, 0.05) is 5.56 Å². The molecule has 5 heteroatoms. The Bertz CT molecular complexity index is 567. The molecule has 2 rings (SSSR count). The molecule has 1 atom stereocenters. The lowest BCUT2D eigenvalue weighted by Gasteiger charge is -2.17. The Balaban J connectivity index is 2.07. The fourth-order valence-electron chi connectivity index (χ4n) is 2.08. The van der Waals surface area contributed by atoms with E-state index in [-0.39, 0.29) is 11.3 Å². The second-order valence-corrected chi connectivity index (χ2v) is 4.63. The van der Waals surface area contributed by atoms with Gasteiger partial charge in [-0.05, 0) is 24.5 Å². The van der Waals surface area contributed by atoms with E-state index in [9.17, 15) is 18.3 Å². The maximum Gasteiger partial charge on any atom is 0.573 e. The van der Waals surface area contributed by atoms with Gasteiger partial charge in [0.2, 0.25) is 0 Å². The van der Waals surface area contributed by atoms with Gasteiger partial charge in [-0.1, -0.05) is 48.5 Å². The highest BCUT2D eigenvalue weighted by Crippen LogP contribution is 2.32. The molecule has 0 aliphatic rings. The number of para-hydroxylation sites is 1. The lowest BCUT2D eigenvalue weighted by atomic mass is 10.0. The molecule has 0 aliphatic carbocycles. The first kappa shape index (κ1) is 15.4. The summed E-state index contributed by atoms with van der Waals surface area (Å²) in [5.74, 6) is -0.356. The molecule has 112 valence electrons. The average Bonchev–Trinajstić information content (AvgIpc) is 2.45. The van der Waals surface area contributed by atoms with E-state index < -0.39 is 12.5 Å². The van der Waals surface area contributed by atoms with E-state index in [2.05, 4.69) is 4.74 Å². The molecule has 0 saturated heterocycles. The molecule has 0 spiro atoms. The molecule has 0 heterocycles. The van der Waals surface area contributed by atoms with Gasteiger partial charge >= 0.3 is 6.36 Å². The van der Waals surface area contributed by atoms with Crippen LogP contribution in [0.1, 0.15) is 23.7 Å². The summed E-state index contributed by atoms with van der Waals surface area (Å²) in [6, 6.07) is 15.1. The first-order valence-corrected chi connectivity index (χ1v) is 6.52. The van der Waals surface area contributed by atoms with Crippen molar-refractivity contribution in [3.8, 4) is 5.75 Å². The number of aliphatic hydroxyl groups excluding tert-OH is 1. The summed E-state index contributed by atoms with van der Waals surface area (Å²) in [7, 11) is 0. The largest absolute Gasteiger partial charge is 0.573 e. The van der Waals surface area contributed by atoms with Crippen LogP contribution in [0.5, 0.6) is 5.75 Å². The van der Waals surface area contributed by atoms with Crippen molar-refractivity contribution >= 4 is 0 Å². The minimum absolute atomic E-state index is 0.144. The molecule has 1 unspecified atom stereocenters. The molecule has 0 aliphatic heterocycles. The molecule has 0 saturated carbocycles. The van der Waals surface area contributed by atoms with Crippen molar-refractivity contribution in [3.05, 3.63) is 65.7 Å². The first-order chi connectivity index (χ1) is 9.96. The number of alkyl halides is 3. The number of aliphatic hydroxyl groups is 1. The Morgan fingerprint density at radius 3 is 2.24 bits per heavy atom. The third-order valence-electron chi connectivity index (χ3n) is 3.05. The third-order valence-corrected chi connectivity index (χ3v) is 3.05. The van der Waals surface area contributed by atoms with Crippen molar-refractivity contribution in [2.24, 2.45) is 0 Å². The van der Waals surface area contributed by atoms with Gasteiger partial charge in [-0.25, -0.2) is 0 Å². The first-order valence-electron chi connectivity index (χ1n) is 6.52. The second kappa shape index (κ2) is 6.63. The van der Waals surface area contributed by atoms with Crippen molar-refractivity contribution < 1.29 is 23.0 Å². The number of aryl methyl sites for hydroxylation is 1. The number of hydrogen-bond donors (Lipinski definition) is 1. The second-order valence-electron chi connectivity index (χ2n) is 4.63.